The maximum Gasteiger partial charge on any atom is 0.240 e. The molecule has 132 valence electrons. The first kappa shape index (κ1) is 16.0. The van der Waals surface area contributed by atoms with Crippen molar-refractivity contribution >= 4 is 5.91 Å². The summed E-state index contributed by atoms with van der Waals surface area (Å²) < 4.78 is 7.82. The number of nitrogens with zero attached hydrogens (tertiary/aromatic N) is 5. The fourth-order valence-corrected chi connectivity index (χ4v) is 4.12. The second kappa shape index (κ2) is 6.44. The fourth-order valence-electron chi connectivity index (χ4n) is 4.12. The molecule has 7 nitrogen and oxygen atoms in total. The van der Waals surface area contributed by atoms with E-state index in [9.17, 15) is 4.79 Å². The third kappa shape index (κ3) is 2.95. The average molecular weight is 333 g/mol. The van der Waals surface area contributed by atoms with Crippen LogP contribution in [0.4, 0.5) is 0 Å². The van der Waals surface area contributed by atoms with Crippen LogP contribution in [0.5, 0.6) is 0 Å². The molecule has 1 aromatic rings. The van der Waals surface area contributed by atoms with Crippen LogP contribution < -0.4 is 0 Å². The molecule has 4 rings (SSSR count). The minimum atomic E-state index is -0.0855. The highest BCUT2D eigenvalue weighted by molar-refractivity contribution is 5.82. The number of aromatic nitrogens is 3. The minimum absolute atomic E-state index is 0.0855. The molecule has 2 atom stereocenters. The van der Waals surface area contributed by atoms with Crippen LogP contribution in [0.25, 0.3) is 0 Å². The molecule has 0 unspecified atom stereocenters. The normalized spacial score (nSPS) is 28.0. The highest BCUT2D eigenvalue weighted by Gasteiger charge is 2.40. The van der Waals surface area contributed by atoms with Crippen molar-refractivity contribution in [1.82, 2.24) is 24.6 Å². The Morgan fingerprint density at radius 3 is 2.67 bits per heavy atom. The molecule has 0 spiro atoms. The van der Waals surface area contributed by atoms with Crippen molar-refractivity contribution in [2.24, 2.45) is 0 Å². The molecule has 0 radical (unpaired) electrons. The second-order valence-electron chi connectivity index (χ2n) is 7.34. The molecule has 0 bridgehead atoms. The van der Waals surface area contributed by atoms with E-state index < -0.39 is 0 Å². The monoisotopic (exact) mass is 333 g/mol. The van der Waals surface area contributed by atoms with Gasteiger partial charge in [0.15, 0.2) is 0 Å². The molecule has 2 saturated heterocycles. The molecular weight excluding hydrogens is 306 g/mol. The van der Waals surface area contributed by atoms with Gasteiger partial charge in [0.25, 0.3) is 0 Å². The van der Waals surface area contributed by atoms with Crippen LogP contribution in [-0.4, -0.2) is 69.4 Å². The summed E-state index contributed by atoms with van der Waals surface area (Å²) in [7, 11) is 1.74. The first-order chi connectivity index (χ1) is 11.7. The zero-order chi connectivity index (χ0) is 16.7. The van der Waals surface area contributed by atoms with E-state index in [0.717, 1.165) is 50.5 Å². The quantitative estimate of drug-likeness (QED) is 0.808. The van der Waals surface area contributed by atoms with E-state index in [0.29, 0.717) is 12.6 Å². The Hall–Kier alpha value is -1.47. The predicted molar refractivity (Wildman–Crippen MR) is 88.5 cm³/mol. The number of methoxy groups -OCH3 is 1. The molecule has 1 aliphatic carbocycles. The van der Waals surface area contributed by atoms with E-state index in [1.165, 1.54) is 12.8 Å². The molecule has 3 fully saturated rings. The third-order valence-corrected chi connectivity index (χ3v) is 5.59. The Kier molecular flexibility index (Phi) is 4.30. The first-order valence-electron chi connectivity index (χ1n) is 9.13. The van der Waals surface area contributed by atoms with Gasteiger partial charge in [0.05, 0.1) is 18.7 Å². The van der Waals surface area contributed by atoms with Crippen molar-refractivity contribution in [3.8, 4) is 0 Å². The van der Waals surface area contributed by atoms with E-state index in [2.05, 4.69) is 19.7 Å². The van der Waals surface area contributed by atoms with Gasteiger partial charge in [-0.25, -0.2) is 0 Å². The number of hydrogen-bond donors (Lipinski definition) is 0. The van der Waals surface area contributed by atoms with Gasteiger partial charge in [-0.3, -0.25) is 9.69 Å². The zero-order valence-corrected chi connectivity index (χ0v) is 14.6. The van der Waals surface area contributed by atoms with Crippen LogP contribution in [0.1, 0.15) is 49.8 Å². The van der Waals surface area contributed by atoms with Gasteiger partial charge in [-0.2, -0.15) is 0 Å². The molecule has 2 aliphatic heterocycles. The molecule has 1 aromatic heterocycles. The molecule has 0 aromatic carbocycles. The zero-order valence-electron chi connectivity index (χ0n) is 14.6. The van der Waals surface area contributed by atoms with E-state index in [-0.39, 0.29) is 18.1 Å². The number of carbonyl (C=O) groups excluding carboxylic acids is 1. The summed E-state index contributed by atoms with van der Waals surface area (Å²) in [5, 5.41) is 8.65. The topological polar surface area (TPSA) is 63.5 Å². The summed E-state index contributed by atoms with van der Waals surface area (Å²) >= 11 is 0. The Labute approximate surface area is 143 Å². The average Bonchev–Trinajstić information content (AvgIpc) is 3.02. The van der Waals surface area contributed by atoms with Crippen LogP contribution in [-0.2, 0) is 16.1 Å². The lowest BCUT2D eigenvalue weighted by Gasteiger charge is -2.27. The van der Waals surface area contributed by atoms with Crippen LogP contribution in [0.15, 0.2) is 0 Å². The highest BCUT2D eigenvalue weighted by Crippen LogP contribution is 2.37. The molecule has 24 heavy (non-hydrogen) atoms. The molecule has 3 heterocycles. The van der Waals surface area contributed by atoms with E-state index in [4.69, 9.17) is 4.74 Å². The standard InChI is InChI=1S/C17H27N5O2/c1-12-18-19-16(22(12)13-5-6-13)11-21-10-14(24-2)9-15(21)17(23)20-7-3-4-8-20/h13-15H,3-11H2,1-2H3/t14-,15-/m0/s1. The predicted octanol–water partition coefficient (Wildman–Crippen LogP) is 1.13. The molecule has 3 aliphatic rings. The number of rotatable bonds is 5. The lowest BCUT2D eigenvalue weighted by molar-refractivity contribution is -0.135. The molecular formula is C17H27N5O2. The van der Waals surface area contributed by atoms with Gasteiger partial charge in [0.1, 0.15) is 11.6 Å². The highest BCUT2D eigenvalue weighted by atomic mass is 16.5. The summed E-state index contributed by atoms with van der Waals surface area (Å²) in [6.45, 7) is 5.29. The molecule has 1 saturated carbocycles. The Morgan fingerprint density at radius 1 is 1.25 bits per heavy atom. The van der Waals surface area contributed by atoms with Gasteiger partial charge in [0.2, 0.25) is 5.91 Å². The number of hydrogen-bond acceptors (Lipinski definition) is 5. The summed E-state index contributed by atoms with van der Waals surface area (Å²) in [6.07, 6.45) is 5.58. The molecule has 0 N–H and O–H groups in total. The van der Waals surface area contributed by atoms with Crippen molar-refractivity contribution in [1.29, 1.82) is 0 Å². The molecule has 7 heteroatoms. The van der Waals surface area contributed by atoms with Gasteiger partial charge in [-0.05, 0) is 39.0 Å². The minimum Gasteiger partial charge on any atom is -0.380 e. The maximum absolute atomic E-state index is 12.9. The number of ether oxygens (including phenoxy) is 1. The molecule has 1 amide bonds. The first-order valence-corrected chi connectivity index (χ1v) is 9.13. The SMILES string of the molecule is CO[C@H]1C[C@@H](C(=O)N2CCCC2)N(Cc2nnc(C)n2C2CC2)C1. The number of carbonyl (C=O) groups is 1. The van der Waals surface area contributed by atoms with Crippen molar-refractivity contribution in [2.45, 2.75) is 63.8 Å². The van der Waals surface area contributed by atoms with Crippen molar-refractivity contribution in [3.05, 3.63) is 11.6 Å². The smallest absolute Gasteiger partial charge is 0.240 e. The van der Waals surface area contributed by atoms with Gasteiger partial charge in [-0.15, -0.1) is 10.2 Å². The summed E-state index contributed by atoms with van der Waals surface area (Å²) in [6, 6.07) is 0.473. The maximum atomic E-state index is 12.9. The van der Waals surface area contributed by atoms with Crippen molar-refractivity contribution < 1.29 is 9.53 Å². The lowest BCUT2D eigenvalue weighted by atomic mass is 10.1. The number of amides is 1. The summed E-state index contributed by atoms with van der Waals surface area (Å²) in [4.78, 5) is 17.2. The number of likely N-dealkylation sites (tertiary alicyclic amines) is 2. The van der Waals surface area contributed by atoms with Gasteiger partial charge >= 0.3 is 0 Å². The van der Waals surface area contributed by atoms with Crippen molar-refractivity contribution in [2.75, 3.05) is 26.7 Å². The Balaban J connectivity index is 1.52. The van der Waals surface area contributed by atoms with E-state index in [1.54, 1.807) is 7.11 Å². The van der Waals surface area contributed by atoms with Gasteiger partial charge < -0.3 is 14.2 Å². The number of aryl methyl sites for hydroxylation is 1. The van der Waals surface area contributed by atoms with Gasteiger partial charge in [0, 0.05) is 32.8 Å². The fraction of sp³-hybridized carbons (Fsp3) is 0.824. The van der Waals surface area contributed by atoms with Crippen molar-refractivity contribution in [3.63, 3.8) is 0 Å². The van der Waals surface area contributed by atoms with E-state index in [1.807, 2.05) is 11.8 Å². The summed E-state index contributed by atoms with van der Waals surface area (Å²) in [5.74, 6) is 2.24. The van der Waals surface area contributed by atoms with Crippen LogP contribution in [0.2, 0.25) is 0 Å². The van der Waals surface area contributed by atoms with E-state index >= 15 is 0 Å². The largest absolute Gasteiger partial charge is 0.380 e. The van der Waals surface area contributed by atoms with Crippen LogP contribution in [0.3, 0.4) is 0 Å². The Bertz CT molecular complexity index is 606. The lowest BCUT2D eigenvalue weighted by Crippen LogP contribution is -2.44. The van der Waals surface area contributed by atoms with Crippen LogP contribution in [0, 0.1) is 6.92 Å². The Morgan fingerprint density at radius 2 is 2.00 bits per heavy atom. The summed E-state index contributed by atoms with van der Waals surface area (Å²) in [5.41, 5.74) is 0. The van der Waals surface area contributed by atoms with Crippen LogP contribution >= 0.6 is 0 Å². The second-order valence-corrected chi connectivity index (χ2v) is 7.34. The third-order valence-electron chi connectivity index (χ3n) is 5.59. The van der Waals surface area contributed by atoms with Gasteiger partial charge in [-0.1, -0.05) is 0 Å².